The van der Waals surface area contributed by atoms with Gasteiger partial charge >= 0.3 is 5.97 Å². The lowest BCUT2D eigenvalue weighted by Crippen LogP contribution is -2.56. The van der Waals surface area contributed by atoms with Gasteiger partial charge in [-0.05, 0) is 25.8 Å². The van der Waals surface area contributed by atoms with Gasteiger partial charge in [-0.3, -0.25) is 9.59 Å². The Balaban J connectivity index is 1.64. The Hall–Kier alpha value is -3.78. The third-order valence-corrected chi connectivity index (χ3v) is 7.13. The normalized spacial score (nSPS) is 16.1. The average molecular weight is 549 g/mol. The first-order valence-electron chi connectivity index (χ1n) is 13.3. The predicted molar refractivity (Wildman–Crippen MR) is 150 cm³/mol. The monoisotopic (exact) mass is 548 g/mol. The number of hydrogen-bond donors (Lipinski definition) is 0. The van der Waals surface area contributed by atoms with E-state index >= 15 is 0 Å². The molecule has 2 heterocycles. The molecule has 0 spiro atoms. The fourth-order valence-corrected chi connectivity index (χ4v) is 5.01. The molecule has 204 valence electrons. The number of aryl methyl sites for hydroxylation is 1. The van der Waals surface area contributed by atoms with Gasteiger partial charge in [0.25, 0.3) is 5.91 Å². The molecule has 0 bridgehead atoms. The summed E-state index contributed by atoms with van der Waals surface area (Å²) >= 11 is 6.52. The topological polar surface area (TPSA) is 92.7 Å². The van der Waals surface area contributed by atoms with Gasteiger partial charge in [-0.25, -0.2) is 14.8 Å². The largest absolute Gasteiger partial charge is 0.462 e. The summed E-state index contributed by atoms with van der Waals surface area (Å²) in [7, 11) is 0. The first-order valence-corrected chi connectivity index (χ1v) is 13.7. The van der Waals surface area contributed by atoms with E-state index in [-0.39, 0.29) is 48.8 Å². The van der Waals surface area contributed by atoms with Gasteiger partial charge in [-0.15, -0.1) is 11.6 Å². The number of nitrogens with zero attached hydrogens (tertiary/aromatic N) is 4. The molecule has 2 amide bonds. The number of carbonyl (C=O) groups excluding carboxylic acids is 3. The van der Waals surface area contributed by atoms with Crippen LogP contribution >= 0.6 is 11.6 Å². The third kappa shape index (κ3) is 6.28. The molecule has 2 atom stereocenters. The van der Waals surface area contributed by atoms with Gasteiger partial charge in [0.05, 0.1) is 12.3 Å². The lowest BCUT2D eigenvalue weighted by Gasteiger charge is -2.40. The summed E-state index contributed by atoms with van der Waals surface area (Å²) in [5.74, 6) is -0.823. The molecule has 1 saturated heterocycles. The molecule has 39 heavy (non-hydrogen) atoms. The van der Waals surface area contributed by atoms with Crippen LogP contribution in [0.25, 0.3) is 11.4 Å². The fourth-order valence-electron chi connectivity index (χ4n) is 4.74. The number of alkyl halides is 1. The molecule has 0 N–H and O–H groups in total. The molecule has 1 aliphatic rings. The Morgan fingerprint density at radius 3 is 2.28 bits per heavy atom. The molecule has 8 nitrogen and oxygen atoms in total. The predicted octanol–water partition coefficient (Wildman–Crippen LogP) is 4.93. The van der Waals surface area contributed by atoms with Crippen molar-refractivity contribution in [2.75, 3.05) is 26.2 Å². The molecule has 0 radical (unpaired) electrons. The molecule has 1 aromatic heterocycles. The van der Waals surface area contributed by atoms with Gasteiger partial charge in [-0.1, -0.05) is 74.0 Å². The highest BCUT2D eigenvalue weighted by Gasteiger charge is 2.36. The molecule has 4 rings (SSSR count). The summed E-state index contributed by atoms with van der Waals surface area (Å²) in [6.07, 6.45) is 1.22. The zero-order valence-corrected chi connectivity index (χ0v) is 23.2. The van der Waals surface area contributed by atoms with Crippen molar-refractivity contribution in [3.05, 3.63) is 83.2 Å². The van der Waals surface area contributed by atoms with Crippen LogP contribution in [0.5, 0.6) is 0 Å². The van der Waals surface area contributed by atoms with Crippen LogP contribution in [0.4, 0.5) is 0 Å². The Morgan fingerprint density at radius 1 is 1.00 bits per heavy atom. The van der Waals surface area contributed by atoms with Crippen molar-refractivity contribution in [1.82, 2.24) is 19.8 Å². The van der Waals surface area contributed by atoms with E-state index in [4.69, 9.17) is 16.3 Å². The second-order valence-electron chi connectivity index (χ2n) is 9.46. The summed E-state index contributed by atoms with van der Waals surface area (Å²) in [6.45, 7) is 6.62. The molecule has 2 unspecified atom stereocenters. The molecule has 0 saturated carbocycles. The van der Waals surface area contributed by atoms with Crippen LogP contribution in [0, 0.1) is 0 Å². The van der Waals surface area contributed by atoms with Crippen molar-refractivity contribution >= 4 is 29.4 Å². The van der Waals surface area contributed by atoms with Crippen LogP contribution in [-0.4, -0.2) is 69.8 Å². The van der Waals surface area contributed by atoms with Crippen molar-refractivity contribution in [1.29, 1.82) is 0 Å². The summed E-state index contributed by atoms with van der Waals surface area (Å²) in [5, 5.41) is -0.807. The fraction of sp³-hybridized carbons (Fsp3) is 0.367. The van der Waals surface area contributed by atoms with Crippen molar-refractivity contribution in [2.24, 2.45) is 0 Å². The molecule has 9 heteroatoms. The van der Waals surface area contributed by atoms with E-state index in [1.54, 1.807) is 16.7 Å². The number of hydrogen-bond acceptors (Lipinski definition) is 6. The summed E-state index contributed by atoms with van der Waals surface area (Å²) in [6, 6.07) is 18.3. The summed E-state index contributed by atoms with van der Waals surface area (Å²) in [4.78, 5) is 52.8. The van der Waals surface area contributed by atoms with Gasteiger partial charge in [0, 0.05) is 31.2 Å². The zero-order chi connectivity index (χ0) is 27.9. The molecule has 1 fully saturated rings. The van der Waals surface area contributed by atoms with E-state index in [2.05, 4.69) is 9.97 Å². The number of amides is 2. The molecule has 3 aromatic rings. The Morgan fingerprint density at radius 2 is 1.67 bits per heavy atom. The van der Waals surface area contributed by atoms with E-state index in [1.165, 1.54) is 0 Å². The van der Waals surface area contributed by atoms with Gasteiger partial charge in [0.15, 0.2) is 5.82 Å². The molecular weight excluding hydrogens is 516 g/mol. The smallest absolute Gasteiger partial charge is 0.342 e. The van der Waals surface area contributed by atoms with Crippen molar-refractivity contribution in [3.63, 3.8) is 0 Å². The lowest BCUT2D eigenvalue weighted by atomic mass is 10.0. The number of halogens is 1. The minimum absolute atomic E-state index is 0.0252. The summed E-state index contributed by atoms with van der Waals surface area (Å²) < 4.78 is 5.32. The van der Waals surface area contributed by atoms with E-state index < -0.39 is 11.3 Å². The SMILES string of the molecule is CCCc1nc(-c2ccccc2)nc(C(=O)N2CCN(C(=O)C(Cl)c3ccccc3)C(C)C2)c1C(=O)OCC. The Kier molecular flexibility index (Phi) is 9.30. The summed E-state index contributed by atoms with van der Waals surface area (Å²) in [5.41, 5.74) is 2.10. The number of carbonyl (C=O) groups is 3. The van der Waals surface area contributed by atoms with Crippen molar-refractivity contribution in [3.8, 4) is 11.4 Å². The highest BCUT2D eigenvalue weighted by molar-refractivity contribution is 6.30. The first-order chi connectivity index (χ1) is 18.8. The second-order valence-corrected chi connectivity index (χ2v) is 9.90. The number of rotatable bonds is 8. The van der Waals surface area contributed by atoms with Gasteiger partial charge in [-0.2, -0.15) is 0 Å². The Labute approximate surface area is 234 Å². The third-order valence-electron chi connectivity index (χ3n) is 6.69. The van der Waals surface area contributed by atoms with Gasteiger partial charge in [0.2, 0.25) is 5.91 Å². The van der Waals surface area contributed by atoms with Crippen molar-refractivity contribution in [2.45, 2.75) is 45.0 Å². The number of ether oxygens (including phenoxy) is 1. The van der Waals surface area contributed by atoms with Gasteiger partial charge in [0.1, 0.15) is 16.6 Å². The van der Waals surface area contributed by atoms with Crippen LogP contribution in [-0.2, 0) is 16.0 Å². The van der Waals surface area contributed by atoms with E-state index in [9.17, 15) is 14.4 Å². The minimum Gasteiger partial charge on any atom is -0.462 e. The number of benzene rings is 2. The molecule has 2 aromatic carbocycles. The zero-order valence-electron chi connectivity index (χ0n) is 22.5. The van der Waals surface area contributed by atoms with Crippen LogP contribution < -0.4 is 0 Å². The maximum absolute atomic E-state index is 13.9. The van der Waals surface area contributed by atoms with Crippen LogP contribution in [0.2, 0.25) is 0 Å². The molecular formula is C30H33ClN4O4. The number of piperazine rings is 1. The highest BCUT2D eigenvalue weighted by atomic mass is 35.5. The number of aromatic nitrogens is 2. The first kappa shape index (κ1) is 28.2. The lowest BCUT2D eigenvalue weighted by molar-refractivity contribution is -0.135. The maximum atomic E-state index is 13.9. The minimum atomic E-state index is -0.807. The van der Waals surface area contributed by atoms with Crippen molar-refractivity contribution < 1.29 is 19.1 Å². The second kappa shape index (κ2) is 12.8. The standard InChI is InChI=1S/C30H33ClN4O4/c1-4-12-23-24(30(38)39-5-2)26(33-27(32-23)22-15-10-7-11-16-22)29(37)34-17-18-35(20(3)19-34)28(36)25(31)21-13-8-6-9-14-21/h6-11,13-16,20,25H,4-5,12,17-19H2,1-3H3. The number of esters is 1. The van der Waals surface area contributed by atoms with E-state index in [1.807, 2.05) is 74.5 Å². The highest BCUT2D eigenvalue weighted by Crippen LogP contribution is 2.27. The van der Waals surface area contributed by atoms with Crippen LogP contribution in [0.3, 0.4) is 0 Å². The maximum Gasteiger partial charge on any atom is 0.342 e. The molecule has 1 aliphatic heterocycles. The van der Waals surface area contributed by atoms with Crippen LogP contribution in [0.15, 0.2) is 60.7 Å². The molecule has 0 aliphatic carbocycles. The van der Waals surface area contributed by atoms with E-state index in [0.29, 0.717) is 24.5 Å². The average Bonchev–Trinajstić information content (AvgIpc) is 2.96. The quantitative estimate of drug-likeness (QED) is 0.293. The van der Waals surface area contributed by atoms with Gasteiger partial charge < -0.3 is 14.5 Å². The van der Waals surface area contributed by atoms with E-state index in [0.717, 1.165) is 17.5 Å². The Bertz CT molecular complexity index is 1320. The van der Waals surface area contributed by atoms with Crippen LogP contribution in [0.1, 0.15) is 64.7 Å².